The summed E-state index contributed by atoms with van der Waals surface area (Å²) in [5.74, 6) is 2.48. The smallest absolute Gasteiger partial charge is 0.225 e. The Kier molecular flexibility index (Phi) is 8.77. The number of guanidine groups is 1. The molecule has 1 aromatic rings. The third-order valence-corrected chi connectivity index (χ3v) is 5.15. The van der Waals surface area contributed by atoms with Crippen molar-refractivity contribution in [2.75, 3.05) is 70.6 Å². The number of hydrogen-bond acceptors (Lipinski definition) is 6. The highest BCUT2D eigenvalue weighted by molar-refractivity contribution is 5.80. The maximum absolute atomic E-state index is 5.84. The lowest BCUT2D eigenvalue weighted by atomic mass is 10.0. The van der Waals surface area contributed by atoms with Crippen LogP contribution in [-0.4, -0.2) is 86.5 Å². The second kappa shape index (κ2) is 11.8. The van der Waals surface area contributed by atoms with Gasteiger partial charge in [0.2, 0.25) is 5.95 Å². The first-order chi connectivity index (χ1) is 13.9. The largest absolute Gasteiger partial charge is 0.381 e. The topological polar surface area (TPSA) is 75.1 Å². The van der Waals surface area contributed by atoms with Crippen LogP contribution >= 0.6 is 0 Å². The lowest BCUT2D eigenvalue weighted by Crippen LogP contribution is -2.53. The maximum atomic E-state index is 5.84. The van der Waals surface area contributed by atoms with E-state index in [2.05, 4.69) is 32.0 Å². The molecule has 28 heavy (non-hydrogen) atoms. The number of rotatable bonds is 8. The molecule has 0 radical (unpaired) electrons. The average Bonchev–Trinajstić information content (AvgIpc) is 2.77. The van der Waals surface area contributed by atoms with E-state index >= 15 is 0 Å². The van der Waals surface area contributed by atoms with Crippen LogP contribution in [-0.2, 0) is 9.47 Å². The van der Waals surface area contributed by atoms with Crippen LogP contribution in [0, 0.1) is 5.92 Å². The Morgan fingerprint density at radius 1 is 1.21 bits per heavy atom. The summed E-state index contributed by atoms with van der Waals surface area (Å²) in [6.07, 6.45) is 6.80. The van der Waals surface area contributed by atoms with E-state index < -0.39 is 0 Å². The van der Waals surface area contributed by atoms with Crippen molar-refractivity contribution in [1.82, 2.24) is 20.2 Å². The van der Waals surface area contributed by atoms with Gasteiger partial charge < -0.3 is 24.6 Å². The molecule has 8 heteroatoms. The summed E-state index contributed by atoms with van der Waals surface area (Å²) in [6, 6.07) is 1.85. The molecule has 0 bridgehead atoms. The van der Waals surface area contributed by atoms with Gasteiger partial charge in [-0.1, -0.05) is 0 Å². The van der Waals surface area contributed by atoms with Crippen molar-refractivity contribution in [2.45, 2.75) is 26.2 Å². The zero-order valence-electron chi connectivity index (χ0n) is 17.1. The zero-order chi connectivity index (χ0) is 19.4. The number of nitrogens with one attached hydrogen (secondary N) is 1. The first-order valence-corrected chi connectivity index (χ1v) is 10.6. The summed E-state index contributed by atoms with van der Waals surface area (Å²) in [5.41, 5.74) is 0. The first kappa shape index (κ1) is 20.8. The molecular formula is C20H34N6O2. The Labute approximate surface area is 168 Å². The SMILES string of the molecule is CCNC(=NCCCOCC1CCOCC1)N1CCN(c2ncccn2)CC1. The van der Waals surface area contributed by atoms with Gasteiger partial charge in [0.25, 0.3) is 0 Å². The minimum atomic E-state index is 0.666. The van der Waals surface area contributed by atoms with Crippen LogP contribution in [0.15, 0.2) is 23.5 Å². The quantitative estimate of drug-likeness (QED) is 0.408. The predicted octanol–water partition coefficient (Wildman–Crippen LogP) is 1.40. The van der Waals surface area contributed by atoms with Crippen molar-refractivity contribution in [3.05, 3.63) is 18.5 Å². The van der Waals surface area contributed by atoms with Crippen LogP contribution in [0.2, 0.25) is 0 Å². The number of aromatic nitrogens is 2. The zero-order valence-corrected chi connectivity index (χ0v) is 17.1. The van der Waals surface area contributed by atoms with Gasteiger partial charge in [-0.2, -0.15) is 0 Å². The van der Waals surface area contributed by atoms with E-state index in [0.717, 1.165) is 96.9 Å². The molecule has 0 spiro atoms. The summed E-state index contributed by atoms with van der Waals surface area (Å²) < 4.78 is 11.2. The highest BCUT2D eigenvalue weighted by Gasteiger charge is 2.21. The number of ether oxygens (including phenoxy) is 2. The summed E-state index contributed by atoms with van der Waals surface area (Å²) in [7, 11) is 0. The Morgan fingerprint density at radius 2 is 1.96 bits per heavy atom. The van der Waals surface area contributed by atoms with Gasteiger partial charge in [-0.3, -0.25) is 4.99 Å². The fourth-order valence-electron chi connectivity index (χ4n) is 3.51. The summed E-state index contributed by atoms with van der Waals surface area (Å²) in [5, 5.41) is 3.42. The van der Waals surface area contributed by atoms with Crippen LogP contribution in [0.5, 0.6) is 0 Å². The van der Waals surface area contributed by atoms with E-state index in [1.54, 1.807) is 12.4 Å². The summed E-state index contributed by atoms with van der Waals surface area (Å²) in [6.45, 7) is 10.8. The van der Waals surface area contributed by atoms with Crippen molar-refractivity contribution >= 4 is 11.9 Å². The van der Waals surface area contributed by atoms with Crippen LogP contribution in [0.3, 0.4) is 0 Å². The van der Waals surface area contributed by atoms with Crippen LogP contribution in [0.1, 0.15) is 26.2 Å². The molecule has 3 rings (SSSR count). The van der Waals surface area contributed by atoms with Crippen molar-refractivity contribution in [3.63, 3.8) is 0 Å². The lowest BCUT2D eigenvalue weighted by Gasteiger charge is -2.36. The molecular weight excluding hydrogens is 356 g/mol. The van der Waals surface area contributed by atoms with Crippen LogP contribution < -0.4 is 10.2 Å². The van der Waals surface area contributed by atoms with Gasteiger partial charge in [0.1, 0.15) is 0 Å². The third-order valence-electron chi connectivity index (χ3n) is 5.15. The van der Waals surface area contributed by atoms with Crippen molar-refractivity contribution in [1.29, 1.82) is 0 Å². The monoisotopic (exact) mass is 390 g/mol. The number of nitrogens with zero attached hydrogens (tertiary/aromatic N) is 5. The van der Waals surface area contributed by atoms with Crippen molar-refractivity contribution < 1.29 is 9.47 Å². The van der Waals surface area contributed by atoms with Crippen LogP contribution in [0.25, 0.3) is 0 Å². The first-order valence-electron chi connectivity index (χ1n) is 10.6. The van der Waals surface area contributed by atoms with Gasteiger partial charge in [0.15, 0.2) is 5.96 Å². The molecule has 0 atom stereocenters. The minimum Gasteiger partial charge on any atom is -0.381 e. The molecule has 1 aromatic heterocycles. The van der Waals surface area contributed by atoms with E-state index in [1.165, 1.54) is 0 Å². The lowest BCUT2D eigenvalue weighted by molar-refractivity contribution is 0.0205. The summed E-state index contributed by atoms with van der Waals surface area (Å²) >= 11 is 0. The second-order valence-electron chi connectivity index (χ2n) is 7.24. The Morgan fingerprint density at radius 3 is 2.68 bits per heavy atom. The van der Waals surface area contributed by atoms with Crippen molar-refractivity contribution in [3.8, 4) is 0 Å². The van der Waals surface area contributed by atoms with E-state index in [1.807, 2.05) is 6.07 Å². The molecule has 2 aliphatic heterocycles. The number of aliphatic imine (C=N–C) groups is 1. The van der Waals surface area contributed by atoms with Crippen molar-refractivity contribution in [2.24, 2.45) is 10.9 Å². The molecule has 156 valence electrons. The van der Waals surface area contributed by atoms with Gasteiger partial charge in [-0.15, -0.1) is 0 Å². The maximum Gasteiger partial charge on any atom is 0.225 e. The molecule has 0 aromatic carbocycles. The van der Waals surface area contributed by atoms with E-state index in [9.17, 15) is 0 Å². The normalized spacial score (nSPS) is 19.1. The fourth-order valence-corrected chi connectivity index (χ4v) is 3.51. The molecule has 2 saturated heterocycles. The number of piperazine rings is 1. The van der Waals surface area contributed by atoms with Gasteiger partial charge in [-0.05, 0) is 38.2 Å². The van der Waals surface area contributed by atoms with Gasteiger partial charge in [0, 0.05) is 78.1 Å². The molecule has 2 aliphatic rings. The third kappa shape index (κ3) is 6.60. The van der Waals surface area contributed by atoms with Gasteiger partial charge >= 0.3 is 0 Å². The Hall–Kier alpha value is -1.93. The molecule has 8 nitrogen and oxygen atoms in total. The van der Waals surface area contributed by atoms with E-state index in [4.69, 9.17) is 14.5 Å². The Bertz CT molecular complexity index is 571. The summed E-state index contributed by atoms with van der Waals surface area (Å²) in [4.78, 5) is 18.1. The highest BCUT2D eigenvalue weighted by Crippen LogP contribution is 2.14. The molecule has 0 amide bonds. The number of hydrogen-bond donors (Lipinski definition) is 1. The van der Waals surface area contributed by atoms with Gasteiger partial charge in [0.05, 0.1) is 0 Å². The minimum absolute atomic E-state index is 0.666. The second-order valence-corrected chi connectivity index (χ2v) is 7.24. The predicted molar refractivity (Wildman–Crippen MR) is 111 cm³/mol. The average molecular weight is 391 g/mol. The molecule has 0 saturated carbocycles. The molecule has 1 N–H and O–H groups in total. The van der Waals surface area contributed by atoms with E-state index in [0.29, 0.717) is 5.92 Å². The molecule has 0 aliphatic carbocycles. The van der Waals surface area contributed by atoms with Gasteiger partial charge in [-0.25, -0.2) is 9.97 Å². The molecule has 3 heterocycles. The molecule has 0 unspecified atom stereocenters. The Balaban J connectivity index is 1.36. The molecule has 2 fully saturated rings. The van der Waals surface area contributed by atoms with E-state index in [-0.39, 0.29) is 0 Å². The van der Waals surface area contributed by atoms with Crippen LogP contribution in [0.4, 0.5) is 5.95 Å². The number of anilines is 1. The fraction of sp³-hybridized carbons (Fsp3) is 0.750. The standard InChI is InChI=1S/C20H34N6O2/c1-2-21-19(24-9-4-14-28-17-18-5-15-27-16-6-18)25-10-12-26(13-11-25)20-22-7-3-8-23-20/h3,7-8,18H,2,4-6,9-17H2,1H3,(H,21,24). The highest BCUT2D eigenvalue weighted by atomic mass is 16.5.